The summed E-state index contributed by atoms with van der Waals surface area (Å²) < 4.78 is 32.7. The van der Waals surface area contributed by atoms with Crippen molar-refractivity contribution in [2.45, 2.75) is 24.8 Å². The highest BCUT2D eigenvalue weighted by Gasteiger charge is 2.51. The molecule has 2 heterocycles. The van der Waals surface area contributed by atoms with Gasteiger partial charge in [0.25, 0.3) is 0 Å². The van der Waals surface area contributed by atoms with Crippen LogP contribution in [0.4, 0.5) is 20.3 Å². The second-order valence-corrected chi connectivity index (χ2v) is 8.82. The van der Waals surface area contributed by atoms with Crippen LogP contribution in [0.3, 0.4) is 0 Å². The molecule has 192 valence electrons. The minimum Gasteiger partial charge on any atom is -0.396 e. The number of nitrogens with zero attached hydrogens (tertiary/aromatic N) is 4. The highest BCUT2D eigenvalue weighted by Crippen LogP contribution is 2.49. The summed E-state index contributed by atoms with van der Waals surface area (Å²) in [6.07, 6.45) is 5.39. The molecule has 0 saturated heterocycles. The highest BCUT2D eigenvalue weighted by molar-refractivity contribution is 6.10. The van der Waals surface area contributed by atoms with Crippen molar-refractivity contribution in [1.29, 1.82) is 0 Å². The van der Waals surface area contributed by atoms with E-state index in [0.29, 0.717) is 35.4 Å². The highest BCUT2D eigenvalue weighted by atomic mass is 19.1. The molecule has 1 aliphatic rings. The van der Waals surface area contributed by atoms with E-state index in [2.05, 4.69) is 25.4 Å². The number of hydrogen-bond acceptors (Lipinski definition) is 8. The first kappa shape index (κ1) is 24.8. The van der Waals surface area contributed by atoms with E-state index in [1.165, 1.54) is 36.7 Å². The van der Waals surface area contributed by atoms with Gasteiger partial charge in [0.2, 0.25) is 5.91 Å². The quantitative estimate of drug-likeness (QED) is 0.301. The fourth-order valence-corrected chi connectivity index (χ4v) is 3.98. The van der Waals surface area contributed by atoms with Gasteiger partial charge in [0.15, 0.2) is 11.6 Å². The van der Waals surface area contributed by atoms with Crippen molar-refractivity contribution in [3.05, 3.63) is 107 Å². The number of nitrogen functional groups attached to an aromatic ring is 1. The van der Waals surface area contributed by atoms with Gasteiger partial charge in [-0.15, -0.1) is 0 Å². The van der Waals surface area contributed by atoms with Crippen molar-refractivity contribution < 1.29 is 18.1 Å². The summed E-state index contributed by atoms with van der Waals surface area (Å²) in [5, 5.41) is 6.64. The van der Waals surface area contributed by atoms with Crippen molar-refractivity contribution in [1.82, 2.24) is 15.1 Å². The predicted molar refractivity (Wildman–Crippen MR) is 138 cm³/mol. The smallest absolute Gasteiger partial charge is 0.235 e. The van der Waals surface area contributed by atoms with Crippen LogP contribution in [-0.2, 0) is 16.8 Å². The van der Waals surface area contributed by atoms with Crippen LogP contribution in [0.5, 0.6) is 0 Å². The first-order valence-electron chi connectivity index (χ1n) is 11.7. The Hall–Kier alpha value is -4.93. The van der Waals surface area contributed by atoms with E-state index in [9.17, 15) is 13.6 Å². The molecule has 1 aliphatic carbocycles. The van der Waals surface area contributed by atoms with Gasteiger partial charge in [-0.3, -0.25) is 9.79 Å². The molecule has 1 saturated carbocycles. The number of aromatic nitrogens is 3. The Labute approximate surface area is 216 Å². The molecule has 9 nitrogen and oxygen atoms in total. The maximum Gasteiger partial charge on any atom is 0.235 e. The zero-order valence-electron chi connectivity index (χ0n) is 20.1. The number of halogens is 2. The molecule has 2 aromatic carbocycles. The second-order valence-electron chi connectivity index (χ2n) is 8.82. The van der Waals surface area contributed by atoms with Crippen LogP contribution < -0.4 is 16.8 Å². The van der Waals surface area contributed by atoms with E-state index in [1.807, 2.05) is 0 Å². The van der Waals surface area contributed by atoms with Gasteiger partial charge in [0, 0.05) is 11.6 Å². The lowest BCUT2D eigenvalue weighted by Gasteiger charge is -2.16. The van der Waals surface area contributed by atoms with Gasteiger partial charge in [0.05, 0.1) is 29.6 Å². The number of carbonyl (C=O) groups is 1. The summed E-state index contributed by atoms with van der Waals surface area (Å²) >= 11 is 0. The van der Waals surface area contributed by atoms with Gasteiger partial charge < -0.3 is 21.3 Å². The van der Waals surface area contributed by atoms with Crippen LogP contribution in [0.2, 0.25) is 0 Å². The molecule has 0 radical (unpaired) electrons. The van der Waals surface area contributed by atoms with Gasteiger partial charge in [-0.2, -0.15) is 0 Å². The molecule has 1 amide bonds. The molecule has 38 heavy (non-hydrogen) atoms. The molecular weight excluding hydrogens is 492 g/mol. The molecule has 11 heteroatoms. The first-order chi connectivity index (χ1) is 18.4. The average molecular weight is 516 g/mol. The van der Waals surface area contributed by atoms with Crippen molar-refractivity contribution in [2.75, 3.05) is 11.1 Å². The van der Waals surface area contributed by atoms with Crippen molar-refractivity contribution >= 4 is 28.8 Å². The number of aliphatic imine (C=N–C) groups is 1. The number of anilines is 2. The van der Waals surface area contributed by atoms with Crippen molar-refractivity contribution in [3.63, 3.8) is 0 Å². The molecular formula is C27H23F2N7O2. The predicted octanol–water partition coefficient (Wildman–Crippen LogP) is 3.98. The zero-order valence-corrected chi connectivity index (χ0v) is 20.1. The molecule has 1 fully saturated rings. The third-order valence-electron chi connectivity index (χ3n) is 6.26. The minimum atomic E-state index is -0.812. The lowest BCUT2D eigenvalue weighted by molar-refractivity contribution is -0.118. The standard InChI is InChI=1S/C27H23F2N7O2/c28-18-6-3-5-17(12-18)27(9-10-27)26(37)34-23-15-33-25(35-24(23)31)20(30)13-22(21-8-11-38-36-21)32-14-16-4-1-2-7-19(16)29/h1-8,11-13,15H,9-10,14,30H2,(H,34,37)(H2,31,33,35)/b20-13-,32-22?. The topological polar surface area (TPSA) is 145 Å². The van der Waals surface area contributed by atoms with E-state index >= 15 is 0 Å². The third-order valence-corrected chi connectivity index (χ3v) is 6.26. The number of benzene rings is 2. The van der Waals surface area contributed by atoms with Gasteiger partial charge in [-0.05, 0) is 42.7 Å². The maximum absolute atomic E-state index is 14.1. The SMILES string of the molecule is N/C(=C\C(=NCc1ccccc1F)c1ccon1)c1ncc(NC(=O)C2(c3cccc(F)c3)CC2)c(N)n1. The van der Waals surface area contributed by atoms with Gasteiger partial charge >= 0.3 is 0 Å². The Morgan fingerprint density at radius 1 is 1.16 bits per heavy atom. The fraction of sp³-hybridized carbons (Fsp3) is 0.148. The van der Waals surface area contributed by atoms with E-state index < -0.39 is 11.2 Å². The van der Waals surface area contributed by atoms with Crippen molar-refractivity contribution in [3.8, 4) is 0 Å². The van der Waals surface area contributed by atoms with Gasteiger partial charge in [-0.25, -0.2) is 18.7 Å². The van der Waals surface area contributed by atoms with Crippen LogP contribution in [0.1, 0.15) is 35.5 Å². The third kappa shape index (κ3) is 5.12. The van der Waals surface area contributed by atoms with E-state index in [1.54, 1.807) is 36.4 Å². The molecule has 0 aliphatic heterocycles. The lowest BCUT2D eigenvalue weighted by Crippen LogP contribution is -2.28. The molecule has 5 N–H and O–H groups in total. The summed E-state index contributed by atoms with van der Waals surface area (Å²) in [5.41, 5.74) is 13.6. The lowest BCUT2D eigenvalue weighted by atomic mass is 9.95. The average Bonchev–Trinajstić information content (AvgIpc) is 3.55. The molecule has 2 aromatic heterocycles. The largest absolute Gasteiger partial charge is 0.396 e. The fourth-order valence-electron chi connectivity index (χ4n) is 3.98. The normalized spacial score (nSPS) is 14.8. The van der Waals surface area contributed by atoms with Crippen LogP contribution in [0.25, 0.3) is 5.70 Å². The van der Waals surface area contributed by atoms with Gasteiger partial charge in [0.1, 0.15) is 29.3 Å². The zero-order chi connectivity index (χ0) is 26.7. The molecule has 0 bridgehead atoms. The van der Waals surface area contributed by atoms with Crippen LogP contribution in [0, 0.1) is 11.6 Å². The molecule has 4 aromatic rings. The number of nitrogens with two attached hydrogens (primary N) is 2. The summed E-state index contributed by atoms with van der Waals surface area (Å²) in [6.45, 7) is 0.0413. The Morgan fingerprint density at radius 3 is 2.66 bits per heavy atom. The summed E-state index contributed by atoms with van der Waals surface area (Å²) in [7, 11) is 0. The number of nitrogens with one attached hydrogen (secondary N) is 1. The number of hydrogen-bond donors (Lipinski definition) is 3. The molecule has 5 rings (SSSR count). The van der Waals surface area contributed by atoms with Crippen LogP contribution in [0.15, 0.2) is 82.6 Å². The Morgan fingerprint density at radius 2 is 1.97 bits per heavy atom. The number of carbonyl (C=O) groups excluding carboxylic acids is 1. The molecule has 0 atom stereocenters. The summed E-state index contributed by atoms with van der Waals surface area (Å²) in [5.74, 6) is -1.01. The van der Waals surface area contributed by atoms with Crippen molar-refractivity contribution in [2.24, 2.45) is 10.7 Å². The van der Waals surface area contributed by atoms with E-state index in [0.717, 1.165) is 0 Å². The molecule has 0 spiro atoms. The second kappa shape index (κ2) is 10.2. The van der Waals surface area contributed by atoms with Crippen LogP contribution >= 0.6 is 0 Å². The maximum atomic E-state index is 14.1. The van der Waals surface area contributed by atoms with Crippen LogP contribution in [-0.4, -0.2) is 26.7 Å². The Balaban J connectivity index is 1.36. The number of allylic oxidation sites excluding steroid dienone is 1. The molecule has 0 unspecified atom stereocenters. The van der Waals surface area contributed by atoms with Gasteiger partial charge in [-0.1, -0.05) is 35.5 Å². The first-order valence-corrected chi connectivity index (χ1v) is 11.7. The number of amides is 1. The van der Waals surface area contributed by atoms with E-state index in [-0.39, 0.29) is 41.3 Å². The summed E-state index contributed by atoms with van der Waals surface area (Å²) in [4.78, 5) is 25.9. The number of rotatable bonds is 8. The Kier molecular flexibility index (Phi) is 6.65. The monoisotopic (exact) mass is 515 g/mol. The minimum absolute atomic E-state index is 0.000948. The van der Waals surface area contributed by atoms with E-state index in [4.69, 9.17) is 16.0 Å². The Bertz CT molecular complexity index is 1550. The summed E-state index contributed by atoms with van der Waals surface area (Å²) in [6, 6.07) is 13.9.